The highest BCUT2D eigenvalue weighted by Gasteiger charge is 2.45. The molecule has 0 amide bonds. The zero-order valence-electron chi connectivity index (χ0n) is 18.6. The van der Waals surface area contributed by atoms with Gasteiger partial charge in [-0.25, -0.2) is 0 Å². The van der Waals surface area contributed by atoms with Gasteiger partial charge in [0.2, 0.25) is 6.29 Å². The molecule has 1 aliphatic rings. The van der Waals surface area contributed by atoms with Crippen LogP contribution in [0.1, 0.15) is 62.1 Å². The van der Waals surface area contributed by atoms with Crippen LogP contribution in [0.2, 0.25) is 0 Å². The molecule has 1 heterocycles. The predicted octanol–water partition coefficient (Wildman–Crippen LogP) is 2.53. The molecule has 172 valence electrons. The van der Waals surface area contributed by atoms with Gasteiger partial charge in [0, 0.05) is 0 Å². The molecule has 4 N–H and O–H groups in total. The van der Waals surface area contributed by atoms with Gasteiger partial charge in [-0.2, -0.15) is 0 Å². The van der Waals surface area contributed by atoms with E-state index in [1.165, 1.54) is 25.7 Å². The summed E-state index contributed by atoms with van der Waals surface area (Å²) in [4.78, 5) is 0. The fourth-order valence-electron chi connectivity index (χ4n) is 3.70. The van der Waals surface area contributed by atoms with Crippen LogP contribution in [0.3, 0.4) is 0 Å². The van der Waals surface area contributed by atoms with Crippen molar-refractivity contribution in [3.05, 3.63) is 22.8 Å². The van der Waals surface area contributed by atoms with E-state index in [9.17, 15) is 20.4 Å². The normalized spacial score (nSPS) is 26.6. The van der Waals surface area contributed by atoms with Gasteiger partial charge in [0.05, 0.1) is 13.2 Å². The molecule has 7 heteroatoms. The van der Waals surface area contributed by atoms with Crippen LogP contribution in [0.25, 0.3) is 0 Å². The van der Waals surface area contributed by atoms with Crippen molar-refractivity contribution in [2.75, 3.05) is 13.2 Å². The van der Waals surface area contributed by atoms with Crippen molar-refractivity contribution in [3.63, 3.8) is 0 Å². The Labute approximate surface area is 179 Å². The molecular formula is C23H38O7. The summed E-state index contributed by atoms with van der Waals surface area (Å²) < 4.78 is 17.4. The first-order valence-corrected chi connectivity index (χ1v) is 11.0. The number of ether oxygens (including phenoxy) is 3. The summed E-state index contributed by atoms with van der Waals surface area (Å²) in [6.07, 6.45) is 0.694. The second kappa shape index (κ2) is 11.9. The lowest BCUT2D eigenvalue weighted by Crippen LogP contribution is -2.60. The van der Waals surface area contributed by atoms with Crippen molar-refractivity contribution in [1.29, 1.82) is 0 Å². The van der Waals surface area contributed by atoms with Crippen molar-refractivity contribution >= 4 is 0 Å². The molecular weight excluding hydrogens is 388 g/mol. The lowest BCUT2D eigenvalue weighted by Gasteiger charge is -2.40. The van der Waals surface area contributed by atoms with Gasteiger partial charge >= 0.3 is 0 Å². The molecule has 7 nitrogen and oxygen atoms in total. The Morgan fingerprint density at radius 1 is 0.900 bits per heavy atom. The first-order chi connectivity index (χ1) is 14.3. The predicted molar refractivity (Wildman–Crippen MR) is 114 cm³/mol. The van der Waals surface area contributed by atoms with Crippen LogP contribution >= 0.6 is 0 Å². The average molecular weight is 427 g/mol. The molecule has 1 aromatic rings. The average Bonchev–Trinajstić information content (AvgIpc) is 2.73. The quantitative estimate of drug-likeness (QED) is 0.403. The van der Waals surface area contributed by atoms with Crippen LogP contribution in [-0.2, 0) is 4.74 Å². The lowest BCUT2D eigenvalue weighted by atomic mass is 9.99. The molecule has 1 aliphatic heterocycles. The number of aliphatic hydroxyl groups excluding tert-OH is 4. The van der Waals surface area contributed by atoms with E-state index < -0.39 is 37.3 Å². The zero-order valence-corrected chi connectivity index (χ0v) is 18.6. The summed E-state index contributed by atoms with van der Waals surface area (Å²) >= 11 is 0. The van der Waals surface area contributed by atoms with Gasteiger partial charge in [-0.15, -0.1) is 0 Å². The van der Waals surface area contributed by atoms with Crippen LogP contribution in [0.4, 0.5) is 0 Å². The lowest BCUT2D eigenvalue weighted by molar-refractivity contribution is -0.277. The summed E-state index contributed by atoms with van der Waals surface area (Å²) in [5.41, 5.74) is 2.60. The summed E-state index contributed by atoms with van der Waals surface area (Å²) in [6.45, 7) is 8.11. The van der Waals surface area contributed by atoms with E-state index in [4.69, 9.17) is 14.2 Å². The molecule has 1 aromatic carbocycles. The van der Waals surface area contributed by atoms with E-state index in [1.807, 2.05) is 26.8 Å². The molecule has 0 bridgehead atoms. The smallest absolute Gasteiger partial charge is 0.229 e. The largest absolute Gasteiger partial charge is 0.493 e. The summed E-state index contributed by atoms with van der Waals surface area (Å²) in [6, 6.07) is 1.90. The van der Waals surface area contributed by atoms with Gasteiger partial charge in [0.1, 0.15) is 35.9 Å². The molecule has 30 heavy (non-hydrogen) atoms. The highest BCUT2D eigenvalue weighted by molar-refractivity contribution is 5.52. The zero-order chi connectivity index (χ0) is 22.3. The van der Waals surface area contributed by atoms with Gasteiger partial charge in [-0.1, -0.05) is 39.0 Å². The highest BCUT2D eigenvalue weighted by atomic mass is 16.7. The Bertz CT molecular complexity index is 661. The molecule has 0 spiro atoms. The van der Waals surface area contributed by atoms with Crippen molar-refractivity contribution in [3.8, 4) is 11.5 Å². The maximum absolute atomic E-state index is 10.2. The van der Waals surface area contributed by atoms with Crippen molar-refractivity contribution in [2.45, 2.75) is 96.9 Å². The third-order valence-corrected chi connectivity index (χ3v) is 5.82. The minimum absolute atomic E-state index is 0.493. The number of rotatable bonds is 11. The molecule has 0 aromatic heterocycles. The number of aliphatic hydroxyl groups is 4. The standard InChI is InChI=1S/C23H38O7/c1-5-6-7-8-9-10-11-28-17-12-14(2)22(16(4)15(17)3)30-23-21(27)20(26)19(25)18(13-24)29-23/h12,18-21,23-27H,5-11,13H2,1-4H3/t18-,19-,20+,21+,23-/m1/s1. The van der Waals surface area contributed by atoms with Gasteiger partial charge in [-0.3, -0.25) is 0 Å². The van der Waals surface area contributed by atoms with E-state index in [2.05, 4.69) is 6.92 Å². The first-order valence-electron chi connectivity index (χ1n) is 11.0. The van der Waals surface area contributed by atoms with Gasteiger partial charge in [-0.05, 0) is 49.9 Å². The Hall–Kier alpha value is -1.38. The maximum atomic E-state index is 10.2. The number of hydrogen-bond acceptors (Lipinski definition) is 7. The third kappa shape index (κ3) is 6.08. The van der Waals surface area contributed by atoms with E-state index in [-0.39, 0.29) is 0 Å². The number of benzene rings is 1. The fraction of sp³-hybridized carbons (Fsp3) is 0.739. The molecule has 1 fully saturated rings. The number of hydrogen-bond donors (Lipinski definition) is 4. The molecule has 0 saturated carbocycles. The molecule has 0 radical (unpaired) electrons. The maximum Gasteiger partial charge on any atom is 0.229 e. The van der Waals surface area contributed by atoms with E-state index in [1.54, 1.807) is 0 Å². The molecule has 1 saturated heterocycles. The second-order valence-corrected chi connectivity index (χ2v) is 8.20. The van der Waals surface area contributed by atoms with Crippen molar-refractivity contribution in [2.24, 2.45) is 0 Å². The topological polar surface area (TPSA) is 109 Å². The molecule has 2 rings (SSSR count). The van der Waals surface area contributed by atoms with E-state index in [0.29, 0.717) is 12.4 Å². The number of unbranched alkanes of at least 4 members (excludes halogenated alkanes) is 5. The molecule has 0 aliphatic carbocycles. The summed E-state index contributed by atoms with van der Waals surface area (Å²) in [5.74, 6) is 1.34. The van der Waals surface area contributed by atoms with Crippen LogP contribution in [-0.4, -0.2) is 64.3 Å². The SMILES string of the molecule is CCCCCCCCOc1cc(C)c(O[C@H]2O[C@H](CO)[C@@H](O)[C@H](O)[C@@H]2O)c(C)c1C. The summed E-state index contributed by atoms with van der Waals surface area (Å²) in [7, 11) is 0. The Kier molecular flexibility index (Phi) is 9.84. The van der Waals surface area contributed by atoms with Crippen LogP contribution in [0.15, 0.2) is 6.07 Å². The fourth-order valence-corrected chi connectivity index (χ4v) is 3.70. The van der Waals surface area contributed by atoms with Crippen LogP contribution < -0.4 is 9.47 Å². The highest BCUT2D eigenvalue weighted by Crippen LogP contribution is 2.35. The molecule has 5 atom stereocenters. The number of aryl methyl sites for hydroxylation is 1. The monoisotopic (exact) mass is 426 g/mol. The summed E-state index contributed by atoms with van der Waals surface area (Å²) in [5, 5.41) is 39.5. The minimum atomic E-state index is -1.47. The van der Waals surface area contributed by atoms with Gasteiger partial charge in [0.15, 0.2) is 0 Å². The Morgan fingerprint density at radius 2 is 1.57 bits per heavy atom. The van der Waals surface area contributed by atoms with Crippen molar-refractivity contribution in [1.82, 2.24) is 0 Å². The third-order valence-electron chi connectivity index (χ3n) is 5.82. The van der Waals surface area contributed by atoms with E-state index >= 15 is 0 Å². The Morgan fingerprint density at radius 3 is 2.23 bits per heavy atom. The Balaban J connectivity index is 2.02. The van der Waals surface area contributed by atoms with Crippen molar-refractivity contribution < 1.29 is 34.6 Å². The first kappa shape index (κ1) is 24.9. The van der Waals surface area contributed by atoms with E-state index in [0.717, 1.165) is 35.3 Å². The van der Waals surface area contributed by atoms with Crippen LogP contribution in [0, 0.1) is 20.8 Å². The minimum Gasteiger partial charge on any atom is -0.493 e. The van der Waals surface area contributed by atoms with Gasteiger partial charge < -0.3 is 34.6 Å². The second-order valence-electron chi connectivity index (χ2n) is 8.20. The van der Waals surface area contributed by atoms with Gasteiger partial charge in [0.25, 0.3) is 0 Å². The molecule has 0 unspecified atom stereocenters. The van der Waals surface area contributed by atoms with Crippen LogP contribution in [0.5, 0.6) is 11.5 Å².